The number of amides is 1. The van der Waals surface area contributed by atoms with Gasteiger partial charge in [0.2, 0.25) is 0 Å². The van der Waals surface area contributed by atoms with Crippen LogP contribution in [0.1, 0.15) is 30.8 Å². The Morgan fingerprint density at radius 3 is 2.89 bits per heavy atom. The number of nitrogens with one attached hydrogen (secondary N) is 1. The van der Waals surface area contributed by atoms with Crippen LogP contribution in [0.5, 0.6) is 0 Å². The van der Waals surface area contributed by atoms with Crippen LogP contribution in [-0.4, -0.2) is 34.3 Å². The lowest BCUT2D eigenvalue weighted by atomic mass is 10.2. The van der Waals surface area contributed by atoms with Crippen molar-refractivity contribution in [3.8, 4) is 0 Å². The molecule has 0 saturated heterocycles. The fourth-order valence-electron chi connectivity index (χ4n) is 1.56. The topological polar surface area (TPSA) is 80.3 Å². The van der Waals surface area contributed by atoms with E-state index in [2.05, 4.69) is 28.2 Å². The molecule has 0 spiro atoms. The Labute approximate surface area is 115 Å². The van der Waals surface area contributed by atoms with Gasteiger partial charge in [0, 0.05) is 29.8 Å². The van der Waals surface area contributed by atoms with Gasteiger partial charge in [-0.1, -0.05) is 6.92 Å². The van der Waals surface area contributed by atoms with Crippen molar-refractivity contribution in [1.82, 2.24) is 9.88 Å². The van der Waals surface area contributed by atoms with Gasteiger partial charge in [-0.3, -0.25) is 4.79 Å². The molecule has 0 aliphatic rings. The zero-order valence-electron chi connectivity index (χ0n) is 10.7. The van der Waals surface area contributed by atoms with Crippen LogP contribution in [0.4, 0.5) is 0 Å². The van der Waals surface area contributed by atoms with E-state index in [0.29, 0.717) is 5.69 Å². The normalized spacial score (nSPS) is 14.3. The van der Waals surface area contributed by atoms with Crippen molar-refractivity contribution in [2.75, 3.05) is 6.54 Å². The summed E-state index contributed by atoms with van der Waals surface area (Å²) in [4.78, 5) is 12.0. The Bertz CT molecular complexity index is 404. The Morgan fingerprint density at radius 2 is 2.33 bits per heavy atom. The number of hydrogen-bond acceptors (Lipinski definition) is 3. The van der Waals surface area contributed by atoms with Crippen LogP contribution in [0.2, 0.25) is 0 Å². The summed E-state index contributed by atoms with van der Waals surface area (Å²) in [6, 6.07) is 1.32. The van der Waals surface area contributed by atoms with Crippen molar-refractivity contribution >= 4 is 21.8 Å². The van der Waals surface area contributed by atoms with E-state index in [1.54, 1.807) is 13.0 Å². The molecule has 4 N–H and O–H groups in total. The number of rotatable bonds is 6. The zero-order valence-corrected chi connectivity index (χ0v) is 12.3. The summed E-state index contributed by atoms with van der Waals surface area (Å²) < 4.78 is 2.77. The van der Waals surface area contributed by atoms with Crippen LogP contribution in [0.3, 0.4) is 0 Å². The molecule has 0 saturated carbocycles. The Balaban J connectivity index is 2.66. The fraction of sp³-hybridized carbons (Fsp3) is 0.583. The van der Waals surface area contributed by atoms with Gasteiger partial charge in [-0.15, -0.1) is 0 Å². The Kier molecular flexibility index (Phi) is 5.84. The summed E-state index contributed by atoms with van der Waals surface area (Å²) in [5.74, 6) is -0.176. The summed E-state index contributed by atoms with van der Waals surface area (Å²) in [6.45, 7) is 4.70. The molecule has 2 atom stereocenters. The predicted molar refractivity (Wildman–Crippen MR) is 74.4 cm³/mol. The number of hydrogen-bond donors (Lipinski definition) is 3. The van der Waals surface area contributed by atoms with E-state index in [4.69, 9.17) is 5.73 Å². The molecule has 0 fully saturated rings. The third-order valence-electron chi connectivity index (χ3n) is 2.68. The number of carbonyl (C=O) groups excluding carboxylic acids is 1. The molecule has 0 radical (unpaired) electrons. The second kappa shape index (κ2) is 6.92. The fourth-order valence-corrected chi connectivity index (χ4v) is 2.03. The Hall–Kier alpha value is -0.850. The molecule has 5 nitrogen and oxygen atoms in total. The minimum absolute atomic E-state index is 0.176. The first-order valence-corrected chi connectivity index (χ1v) is 6.82. The standard InChI is InChI=1S/C12H20BrN3O2/c1-3-4-16-7-9(13)5-11(16)12(18)15-6-10(14)8(2)17/h5,7-8,10,17H,3-4,6,14H2,1-2H3,(H,15,18). The van der Waals surface area contributed by atoms with Gasteiger partial charge in [-0.25, -0.2) is 0 Å². The van der Waals surface area contributed by atoms with E-state index in [1.807, 2.05) is 10.8 Å². The number of aryl methyl sites for hydroxylation is 1. The van der Waals surface area contributed by atoms with Gasteiger partial charge in [-0.2, -0.15) is 0 Å². The lowest BCUT2D eigenvalue weighted by Gasteiger charge is -2.15. The molecular formula is C12H20BrN3O2. The van der Waals surface area contributed by atoms with E-state index < -0.39 is 12.1 Å². The van der Waals surface area contributed by atoms with Gasteiger partial charge >= 0.3 is 0 Å². The highest BCUT2D eigenvalue weighted by molar-refractivity contribution is 9.10. The monoisotopic (exact) mass is 317 g/mol. The maximum atomic E-state index is 12.0. The van der Waals surface area contributed by atoms with Crippen molar-refractivity contribution in [1.29, 1.82) is 0 Å². The summed E-state index contributed by atoms with van der Waals surface area (Å²) in [5.41, 5.74) is 6.26. The third-order valence-corrected chi connectivity index (χ3v) is 3.11. The third kappa shape index (κ3) is 4.12. The molecule has 1 heterocycles. The first-order chi connectivity index (χ1) is 8.45. The first kappa shape index (κ1) is 15.2. The average Bonchev–Trinajstić information content (AvgIpc) is 2.67. The predicted octanol–water partition coefficient (Wildman–Crippen LogP) is 1.10. The molecule has 102 valence electrons. The number of aliphatic hydroxyl groups is 1. The molecule has 1 rings (SSSR count). The van der Waals surface area contributed by atoms with Gasteiger partial charge in [0.05, 0.1) is 6.10 Å². The molecule has 1 amide bonds. The van der Waals surface area contributed by atoms with Crippen LogP contribution in [0.15, 0.2) is 16.7 Å². The molecule has 0 aliphatic carbocycles. The number of aliphatic hydroxyl groups excluding tert-OH is 1. The highest BCUT2D eigenvalue weighted by atomic mass is 79.9. The van der Waals surface area contributed by atoms with Crippen molar-refractivity contribution in [3.05, 3.63) is 22.4 Å². The van der Waals surface area contributed by atoms with Gasteiger partial charge in [0.1, 0.15) is 5.69 Å². The molecule has 1 aromatic heterocycles. The van der Waals surface area contributed by atoms with E-state index >= 15 is 0 Å². The number of nitrogens with zero attached hydrogens (tertiary/aromatic N) is 1. The summed E-state index contributed by atoms with van der Waals surface area (Å²) in [6.07, 6.45) is 2.20. The molecule has 0 bridgehead atoms. The second-order valence-corrected chi connectivity index (χ2v) is 5.27. The first-order valence-electron chi connectivity index (χ1n) is 6.03. The van der Waals surface area contributed by atoms with Crippen LogP contribution < -0.4 is 11.1 Å². The van der Waals surface area contributed by atoms with Crippen LogP contribution in [0.25, 0.3) is 0 Å². The lowest BCUT2D eigenvalue weighted by molar-refractivity contribution is 0.0928. The van der Waals surface area contributed by atoms with Crippen LogP contribution in [-0.2, 0) is 6.54 Å². The van der Waals surface area contributed by atoms with Gasteiger partial charge in [0.15, 0.2) is 0 Å². The largest absolute Gasteiger partial charge is 0.392 e. The number of aromatic nitrogens is 1. The van der Waals surface area contributed by atoms with Crippen molar-refractivity contribution < 1.29 is 9.90 Å². The van der Waals surface area contributed by atoms with Gasteiger partial charge in [-0.05, 0) is 35.3 Å². The number of nitrogens with two attached hydrogens (primary N) is 1. The highest BCUT2D eigenvalue weighted by Crippen LogP contribution is 2.15. The molecule has 1 aromatic rings. The zero-order chi connectivity index (χ0) is 13.7. The van der Waals surface area contributed by atoms with E-state index in [-0.39, 0.29) is 12.5 Å². The average molecular weight is 318 g/mol. The lowest BCUT2D eigenvalue weighted by Crippen LogP contribution is -2.44. The minimum Gasteiger partial charge on any atom is -0.392 e. The maximum Gasteiger partial charge on any atom is 0.268 e. The molecule has 0 aromatic carbocycles. The summed E-state index contributed by atoms with van der Waals surface area (Å²) in [7, 11) is 0. The molecular weight excluding hydrogens is 298 g/mol. The summed E-state index contributed by atoms with van der Waals surface area (Å²) in [5, 5.41) is 12.0. The second-order valence-electron chi connectivity index (χ2n) is 4.35. The smallest absolute Gasteiger partial charge is 0.268 e. The molecule has 0 aliphatic heterocycles. The Morgan fingerprint density at radius 1 is 1.67 bits per heavy atom. The number of carbonyl (C=O) groups is 1. The van der Waals surface area contributed by atoms with Gasteiger partial charge < -0.3 is 20.7 Å². The van der Waals surface area contributed by atoms with Crippen LogP contribution >= 0.6 is 15.9 Å². The van der Waals surface area contributed by atoms with Crippen molar-refractivity contribution in [3.63, 3.8) is 0 Å². The molecule has 6 heteroatoms. The minimum atomic E-state index is -0.639. The summed E-state index contributed by atoms with van der Waals surface area (Å²) >= 11 is 3.36. The molecule has 18 heavy (non-hydrogen) atoms. The maximum absolute atomic E-state index is 12.0. The van der Waals surface area contributed by atoms with E-state index in [0.717, 1.165) is 17.4 Å². The van der Waals surface area contributed by atoms with E-state index in [9.17, 15) is 9.90 Å². The van der Waals surface area contributed by atoms with Gasteiger partial charge in [0.25, 0.3) is 5.91 Å². The van der Waals surface area contributed by atoms with Crippen molar-refractivity contribution in [2.45, 2.75) is 39.0 Å². The highest BCUT2D eigenvalue weighted by Gasteiger charge is 2.15. The van der Waals surface area contributed by atoms with E-state index in [1.165, 1.54) is 0 Å². The van der Waals surface area contributed by atoms with Crippen molar-refractivity contribution in [2.24, 2.45) is 5.73 Å². The SMILES string of the molecule is CCCn1cc(Br)cc1C(=O)NCC(N)C(C)O. The quantitative estimate of drug-likeness (QED) is 0.735. The van der Waals surface area contributed by atoms with Crippen LogP contribution in [0, 0.1) is 0 Å². The number of halogens is 1. The molecule has 2 unspecified atom stereocenters.